The molecule has 3 rings (SSSR count). The van der Waals surface area contributed by atoms with Crippen LogP contribution in [0.3, 0.4) is 0 Å². The Morgan fingerprint density at radius 2 is 1.88 bits per heavy atom. The van der Waals surface area contributed by atoms with Crippen molar-refractivity contribution in [2.45, 2.75) is 32.1 Å². The van der Waals surface area contributed by atoms with Crippen LogP contribution in [0, 0.1) is 5.92 Å². The summed E-state index contributed by atoms with van der Waals surface area (Å²) in [6.07, 6.45) is 8.50. The molecule has 0 spiro atoms. The van der Waals surface area contributed by atoms with Crippen LogP contribution in [0.2, 0.25) is 0 Å². The maximum absolute atomic E-state index is 11.9. The minimum absolute atomic E-state index is 0.0156. The highest BCUT2D eigenvalue weighted by atomic mass is 16.2. The third-order valence-electron chi connectivity index (χ3n) is 3.37. The van der Waals surface area contributed by atoms with Crippen LogP contribution in [0.25, 0.3) is 0 Å². The molecule has 0 atom stereocenters. The van der Waals surface area contributed by atoms with Crippen molar-refractivity contribution in [2.75, 3.05) is 5.01 Å². The fraction of sp³-hybridized carbons (Fsp3) is 0.500. The van der Waals surface area contributed by atoms with E-state index in [1.54, 1.807) is 18.5 Å². The monoisotopic (exact) mass is 230 g/mol. The van der Waals surface area contributed by atoms with Gasteiger partial charge in [-0.25, -0.2) is 9.97 Å². The Morgan fingerprint density at radius 3 is 2.59 bits per heavy atom. The Labute approximate surface area is 99.6 Å². The standard InChI is InChI=1S/C12H14N4O/c17-11-8-10(9-4-1-2-5-9)15-16(11)12-13-6-3-7-14-12/h3,6-7,9H,1-2,4-5,8H2. The molecule has 2 aliphatic rings. The molecule has 0 bridgehead atoms. The van der Waals surface area contributed by atoms with Gasteiger partial charge in [0.1, 0.15) is 0 Å². The summed E-state index contributed by atoms with van der Waals surface area (Å²) in [7, 11) is 0. The molecule has 5 nitrogen and oxygen atoms in total. The number of amides is 1. The number of carbonyl (C=O) groups excluding carboxylic acids is 1. The van der Waals surface area contributed by atoms with Gasteiger partial charge in [-0.15, -0.1) is 0 Å². The first-order valence-electron chi connectivity index (χ1n) is 6.02. The van der Waals surface area contributed by atoms with Crippen LogP contribution < -0.4 is 5.01 Å². The molecule has 0 unspecified atom stereocenters. The highest BCUT2D eigenvalue weighted by Crippen LogP contribution is 2.30. The Hall–Kier alpha value is -1.78. The van der Waals surface area contributed by atoms with Gasteiger partial charge in [0.2, 0.25) is 0 Å². The molecule has 2 heterocycles. The SMILES string of the molecule is O=C1CC(C2CCCC2)=NN1c1ncccn1. The van der Waals surface area contributed by atoms with Crippen molar-refractivity contribution >= 4 is 17.6 Å². The van der Waals surface area contributed by atoms with Gasteiger partial charge in [0.25, 0.3) is 11.9 Å². The normalized spacial score (nSPS) is 21.1. The summed E-state index contributed by atoms with van der Waals surface area (Å²) in [5.74, 6) is 0.858. The van der Waals surface area contributed by atoms with Crippen molar-refractivity contribution in [1.29, 1.82) is 0 Å². The molecule has 0 radical (unpaired) electrons. The van der Waals surface area contributed by atoms with Crippen molar-refractivity contribution in [2.24, 2.45) is 11.0 Å². The summed E-state index contributed by atoms with van der Waals surface area (Å²) in [5, 5.41) is 5.74. The third-order valence-corrected chi connectivity index (χ3v) is 3.37. The molecule has 1 aromatic rings. The number of hydrogen-bond acceptors (Lipinski definition) is 4. The molecule has 17 heavy (non-hydrogen) atoms. The first kappa shape index (κ1) is 10.4. The predicted octanol–water partition coefficient (Wildman–Crippen LogP) is 1.76. The van der Waals surface area contributed by atoms with E-state index in [1.807, 2.05) is 0 Å². The Balaban J connectivity index is 1.84. The molecule has 1 amide bonds. The molecular formula is C12H14N4O. The predicted molar refractivity (Wildman–Crippen MR) is 63.5 cm³/mol. The summed E-state index contributed by atoms with van der Waals surface area (Å²) in [6.45, 7) is 0. The van der Waals surface area contributed by atoms with Crippen molar-refractivity contribution < 1.29 is 4.79 Å². The van der Waals surface area contributed by atoms with E-state index in [9.17, 15) is 4.79 Å². The second kappa shape index (κ2) is 4.24. The zero-order chi connectivity index (χ0) is 11.7. The maximum Gasteiger partial charge on any atom is 0.255 e. The second-order valence-electron chi connectivity index (χ2n) is 4.50. The zero-order valence-electron chi connectivity index (χ0n) is 9.54. The van der Waals surface area contributed by atoms with Gasteiger partial charge in [-0.3, -0.25) is 4.79 Å². The first-order valence-corrected chi connectivity index (χ1v) is 6.02. The van der Waals surface area contributed by atoms with Crippen LogP contribution >= 0.6 is 0 Å². The van der Waals surface area contributed by atoms with Gasteiger partial charge < -0.3 is 0 Å². The van der Waals surface area contributed by atoms with Crippen LogP contribution in [0.1, 0.15) is 32.1 Å². The van der Waals surface area contributed by atoms with Gasteiger partial charge in [-0.1, -0.05) is 12.8 Å². The van der Waals surface area contributed by atoms with E-state index < -0.39 is 0 Å². The van der Waals surface area contributed by atoms with Gasteiger partial charge in [0.05, 0.1) is 12.1 Å². The van der Waals surface area contributed by atoms with Crippen LogP contribution in [-0.4, -0.2) is 21.6 Å². The molecule has 1 saturated carbocycles. The average Bonchev–Trinajstić information content (AvgIpc) is 2.99. The highest BCUT2D eigenvalue weighted by Gasteiger charge is 2.32. The fourth-order valence-electron chi connectivity index (χ4n) is 2.49. The minimum Gasteiger partial charge on any atom is -0.272 e. The second-order valence-corrected chi connectivity index (χ2v) is 4.50. The highest BCUT2D eigenvalue weighted by molar-refractivity contribution is 6.13. The maximum atomic E-state index is 11.9. The molecule has 5 heteroatoms. The van der Waals surface area contributed by atoms with E-state index >= 15 is 0 Å². The molecule has 1 fully saturated rings. The van der Waals surface area contributed by atoms with Crippen LogP contribution in [0.5, 0.6) is 0 Å². The topological polar surface area (TPSA) is 58.5 Å². The van der Waals surface area contributed by atoms with Crippen LogP contribution in [0.4, 0.5) is 5.95 Å². The van der Waals surface area contributed by atoms with Gasteiger partial charge in [0.15, 0.2) is 0 Å². The molecule has 1 aliphatic heterocycles. The molecule has 88 valence electrons. The molecular weight excluding hydrogens is 216 g/mol. The quantitative estimate of drug-likeness (QED) is 0.777. The fourth-order valence-corrected chi connectivity index (χ4v) is 2.49. The van der Waals surface area contributed by atoms with Gasteiger partial charge in [-0.2, -0.15) is 10.1 Å². The molecule has 1 aliphatic carbocycles. The van der Waals surface area contributed by atoms with Gasteiger partial charge in [0, 0.05) is 12.4 Å². The smallest absolute Gasteiger partial charge is 0.255 e. The van der Waals surface area contributed by atoms with Crippen LogP contribution in [0.15, 0.2) is 23.6 Å². The lowest BCUT2D eigenvalue weighted by Crippen LogP contribution is -2.21. The molecule has 0 N–H and O–H groups in total. The largest absolute Gasteiger partial charge is 0.272 e. The molecule has 1 aromatic heterocycles. The lowest BCUT2D eigenvalue weighted by atomic mass is 10.00. The van der Waals surface area contributed by atoms with Gasteiger partial charge in [-0.05, 0) is 24.8 Å². The van der Waals surface area contributed by atoms with E-state index in [-0.39, 0.29) is 5.91 Å². The third kappa shape index (κ3) is 1.92. The van der Waals surface area contributed by atoms with E-state index in [0.717, 1.165) is 18.6 Å². The zero-order valence-corrected chi connectivity index (χ0v) is 9.54. The van der Waals surface area contributed by atoms with Crippen molar-refractivity contribution in [3.8, 4) is 0 Å². The van der Waals surface area contributed by atoms with Crippen molar-refractivity contribution in [3.63, 3.8) is 0 Å². The molecule has 0 aromatic carbocycles. The summed E-state index contributed by atoms with van der Waals surface area (Å²) in [5.41, 5.74) is 1.01. The van der Waals surface area contributed by atoms with Gasteiger partial charge >= 0.3 is 0 Å². The average molecular weight is 230 g/mol. The van der Waals surface area contributed by atoms with E-state index in [2.05, 4.69) is 15.1 Å². The number of aromatic nitrogens is 2. The number of anilines is 1. The first-order chi connectivity index (χ1) is 8.34. The Morgan fingerprint density at radius 1 is 1.18 bits per heavy atom. The van der Waals surface area contributed by atoms with Crippen molar-refractivity contribution in [3.05, 3.63) is 18.5 Å². The summed E-state index contributed by atoms with van der Waals surface area (Å²) >= 11 is 0. The number of hydrazone groups is 1. The van der Waals surface area contributed by atoms with E-state index in [4.69, 9.17) is 0 Å². The van der Waals surface area contributed by atoms with Crippen LogP contribution in [-0.2, 0) is 4.79 Å². The summed E-state index contributed by atoms with van der Waals surface area (Å²) < 4.78 is 0. The number of hydrogen-bond donors (Lipinski definition) is 0. The number of carbonyl (C=O) groups is 1. The van der Waals surface area contributed by atoms with Crippen molar-refractivity contribution in [1.82, 2.24) is 9.97 Å². The Kier molecular flexibility index (Phi) is 2.59. The minimum atomic E-state index is -0.0156. The summed E-state index contributed by atoms with van der Waals surface area (Å²) in [6, 6.07) is 1.73. The summed E-state index contributed by atoms with van der Waals surface area (Å²) in [4.78, 5) is 20.0. The lowest BCUT2D eigenvalue weighted by Gasteiger charge is -2.08. The number of rotatable bonds is 2. The van der Waals surface area contributed by atoms with E-state index in [0.29, 0.717) is 18.3 Å². The lowest BCUT2D eigenvalue weighted by molar-refractivity contribution is -0.117. The number of nitrogens with zero attached hydrogens (tertiary/aromatic N) is 4. The van der Waals surface area contributed by atoms with E-state index in [1.165, 1.54) is 17.9 Å². The molecule has 0 saturated heterocycles. The Bertz CT molecular complexity index is 451.